The average Bonchev–Trinajstić information content (AvgIpc) is 3.37. The molecule has 132 valence electrons. The molecule has 2 aromatic carbocycles. The van der Waals surface area contributed by atoms with Crippen molar-refractivity contribution in [3.8, 4) is 23.8 Å². The van der Waals surface area contributed by atoms with Crippen molar-refractivity contribution in [3.63, 3.8) is 0 Å². The van der Waals surface area contributed by atoms with Crippen molar-refractivity contribution in [2.75, 3.05) is 6.79 Å². The third-order valence-electron chi connectivity index (χ3n) is 4.10. The van der Waals surface area contributed by atoms with Gasteiger partial charge in [-0.2, -0.15) is 4.99 Å². The molecular formula is C19H11N3O3S2. The summed E-state index contributed by atoms with van der Waals surface area (Å²) in [6.07, 6.45) is 5.53. The fourth-order valence-electron chi connectivity index (χ4n) is 2.89. The minimum Gasteiger partial charge on any atom is -0.454 e. The summed E-state index contributed by atoms with van der Waals surface area (Å²) >= 11 is 2.71. The van der Waals surface area contributed by atoms with E-state index in [0.717, 1.165) is 20.4 Å². The third-order valence-corrected chi connectivity index (χ3v) is 6.17. The Kier molecular flexibility index (Phi) is 3.70. The average molecular weight is 393 g/mol. The highest BCUT2D eigenvalue weighted by Crippen LogP contribution is 2.37. The second kappa shape index (κ2) is 6.23. The Morgan fingerprint density at radius 1 is 1.22 bits per heavy atom. The van der Waals surface area contributed by atoms with E-state index in [9.17, 15) is 4.79 Å². The lowest BCUT2D eigenvalue weighted by Gasteiger charge is -2.01. The normalized spacial score (nSPS) is 13.4. The van der Waals surface area contributed by atoms with Crippen LogP contribution in [0.3, 0.4) is 0 Å². The Morgan fingerprint density at radius 2 is 2.04 bits per heavy atom. The Balaban J connectivity index is 1.65. The Morgan fingerprint density at radius 3 is 2.85 bits per heavy atom. The van der Waals surface area contributed by atoms with Crippen molar-refractivity contribution in [2.45, 2.75) is 6.54 Å². The highest BCUT2D eigenvalue weighted by molar-refractivity contribution is 7.20. The monoisotopic (exact) mass is 393 g/mol. The number of aromatic nitrogens is 2. The van der Waals surface area contributed by atoms with E-state index in [2.05, 4.69) is 15.9 Å². The van der Waals surface area contributed by atoms with Crippen LogP contribution in [0.1, 0.15) is 9.80 Å². The van der Waals surface area contributed by atoms with Gasteiger partial charge in [-0.1, -0.05) is 29.4 Å². The number of hydrogen-bond donors (Lipinski definition) is 0. The van der Waals surface area contributed by atoms with Gasteiger partial charge in [0.2, 0.25) is 6.79 Å². The fourth-order valence-corrected chi connectivity index (χ4v) is 4.78. The highest BCUT2D eigenvalue weighted by Gasteiger charge is 2.18. The molecule has 3 heterocycles. The number of hydrogen-bond acceptors (Lipinski definition) is 6. The van der Waals surface area contributed by atoms with Gasteiger partial charge in [0, 0.05) is 12.1 Å². The molecule has 1 aliphatic rings. The summed E-state index contributed by atoms with van der Waals surface area (Å²) in [4.78, 5) is 21.9. The van der Waals surface area contributed by atoms with Gasteiger partial charge in [-0.3, -0.25) is 4.79 Å². The molecule has 8 heteroatoms. The van der Waals surface area contributed by atoms with Gasteiger partial charge < -0.3 is 14.0 Å². The number of carbonyl (C=O) groups excluding carboxylic acids is 1. The van der Waals surface area contributed by atoms with Crippen LogP contribution in [0.15, 0.2) is 41.4 Å². The molecule has 2 aromatic heterocycles. The molecule has 6 nitrogen and oxygen atoms in total. The molecule has 0 aliphatic carbocycles. The van der Waals surface area contributed by atoms with Crippen LogP contribution in [-0.2, 0) is 6.54 Å². The standard InChI is InChI=1S/C19H11N3O3S2/c1-2-7-22-12-8-13-14(25-10-24-13)9-16(12)27-19(22)21-17(23)18-20-11-5-3-4-6-15(11)26-18/h1,3-6,8-9H,7,10H2. The lowest BCUT2D eigenvalue weighted by molar-refractivity contribution is 0.0997. The number of amides is 1. The summed E-state index contributed by atoms with van der Waals surface area (Å²) in [5, 5.41) is 0.357. The molecule has 0 saturated heterocycles. The van der Waals surface area contributed by atoms with Crippen molar-refractivity contribution in [1.29, 1.82) is 0 Å². The van der Waals surface area contributed by atoms with E-state index in [1.54, 1.807) is 0 Å². The number of para-hydroxylation sites is 1. The summed E-state index contributed by atoms with van der Waals surface area (Å²) in [6, 6.07) is 11.4. The predicted molar refractivity (Wildman–Crippen MR) is 104 cm³/mol. The van der Waals surface area contributed by atoms with Crippen LogP contribution in [0.25, 0.3) is 20.4 Å². The van der Waals surface area contributed by atoms with Crippen LogP contribution < -0.4 is 14.3 Å². The van der Waals surface area contributed by atoms with E-state index in [1.165, 1.54) is 22.7 Å². The van der Waals surface area contributed by atoms with Crippen LogP contribution in [0.4, 0.5) is 0 Å². The molecule has 0 bridgehead atoms. The minimum absolute atomic E-state index is 0.203. The van der Waals surface area contributed by atoms with Gasteiger partial charge in [0.25, 0.3) is 0 Å². The smallest absolute Gasteiger partial charge is 0.308 e. The van der Waals surface area contributed by atoms with E-state index >= 15 is 0 Å². The zero-order valence-electron chi connectivity index (χ0n) is 13.8. The second-order valence-corrected chi connectivity index (χ2v) is 7.79. The Hall–Kier alpha value is -3.15. The first kappa shape index (κ1) is 16.1. The fraction of sp³-hybridized carbons (Fsp3) is 0.105. The molecule has 0 unspecified atom stereocenters. The molecule has 0 radical (unpaired) electrons. The van der Waals surface area contributed by atoms with E-state index < -0.39 is 0 Å². The van der Waals surface area contributed by atoms with E-state index in [-0.39, 0.29) is 12.7 Å². The predicted octanol–water partition coefficient (Wildman–Crippen LogP) is 3.42. The van der Waals surface area contributed by atoms with Gasteiger partial charge in [0.05, 0.1) is 27.0 Å². The quantitative estimate of drug-likeness (QED) is 0.490. The van der Waals surface area contributed by atoms with E-state index in [4.69, 9.17) is 15.9 Å². The number of rotatable bonds is 2. The van der Waals surface area contributed by atoms with Crippen molar-refractivity contribution in [3.05, 3.63) is 46.2 Å². The lowest BCUT2D eigenvalue weighted by atomic mass is 10.3. The largest absolute Gasteiger partial charge is 0.454 e. The maximum atomic E-state index is 12.7. The summed E-state index contributed by atoms with van der Waals surface area (Å²) in [6.45, 7) is 0.501. The number of carbonyl (C=O) groups is 1. The van der Waals surface area contributed by atoms with Crippen molar-refractivity contribution >= 4 is 49.0 Å². The molecule has 5 rings (SSSR count). The minimum atomic E-state index is -0.381. The number of benzene rings is 2. The first-order valence-corrected chi connectivity index (χ1v) is 9.67. The highest BCUT2D eigenvalue weighted by atomic mass is 32.1. The molecule has 0 N–H and O–H groups in total. The zero-order valence-corrected chi connectivity index (χ0v) is 15.5. The molecule has 4 aromatic rings. The van der Waals surface area contributed by atoms with Crippen LogP contribution in [-0.4, -0.2) is 22.3 Å². The van der Waals surface area contributed by atoms with E-state index in [1.807, 2.05) is 41.0 Å². The van der Waals surface area contributed by atoms with Gasteiger partial charge in [-0.25, -0.2) is 4.98 Å². The number of fused-ring (bicyclic) bond motifs is 3. The third kappa shape index (κ3) is 2.68. The van der Waals surface area contributed by atoms with Crippen LogP contribution in [0.5, 0.6) is 11.5 Å². The molecule has 1 amide bonds. The molecule has 0 fully saturated rings. The Labute approximate surface area is 161 Å². The number of ether oxygens (including phenoxy) is 2. The van der Waals surface area contributed by atoms with Crippen molar-refractivity contribution in [2.24, 2.45) is 4.99 Å². The SMILES string of the molecule is C#CCn1c(=NC(=O)c2nc3ccccc3s2)sc2cc3c(cc21)OCO3. The lowest BCUT2D eigenvalue weighted by Crippen LogP contribution is -2.16. The van der Waals surface area contributed by atoms with Gasteiger partial charge in [0.1, 0.15) is 0 Å². The molecule has 1 aliphatic heterocycles. The Bertz CT molecular complexity index is 1290. The molecular weight excluding hydrogens is 382 g/mol. The summed E-state index contributed by atoms with van der Waals surface area (Å²) < 4.78 is 14.6. The topological polar surface area (TPSA) is 65.7 Å². The van der Waals surface area contributed by atoms with Crippen LogP contribution >= 0.6 is 22.7 Å². The maximum absolute atomic E-state index is 12.7. The molecule has 0 atom stereocenters. The number of nitrogens with zero attached hydrogens (tertiary/aromatic N) is 3. The summed E-state index contributed by atoms with van der Waals surface area (Å²) in [7, 11) is 0. The second-order valence-electron chi connectivity index (χ2n) is 5.75. The van der Waals surface area contributed by atoms with Gasteiger partial charge in [0.15, 0.2) is 21.3 Å². The van der Waals surface area contributed by atoms with Gasteiger partial charge >= 0.3 is 5.91 Å². The van der Waals surface area contributed by atoms with Gasteiger partial charge in [-0.15, -0.1) is 17.8 Å². The number of thiazole rings is 2. The van der Waals surface area contributed by atoms with Gasteiger partial charge in [-0.05, 0) is 12.1 Å². The first-order chi connectivity index (χ1) is 13.2. The van der Waals surface area contributed by atoms with Crippen LogP contribution in [0.2, 0.25) is 0 Å². The number of terminal acetylenes is 1. The molecule has 27 heavy (non-hydrogen) atoms. The van der Waals surface area contributed by atoms with E-state index in [0.29, 0.717) is 27.9 Å². The summed E-state index contributed by atoms with van der Waals surface area (Å²) in [5.74, 6) is 3.58. The first-order valence-electron chi connectivity index (χ1n) is 8.04. The summed E-state index contributed by atoms with van der Waals surface area (Å²) in [5.41, 5.74) is 1.65. The van der Waals surface area contributed by atoms with Crippen LogP contribution in [0, 0.1) is 12.3 Å². The molecule has 0 saturated carbocycles. The van der Waals surface area contributed by atoms with Crippen molar-refractivity contribution in [1.82, 2.24) is 9.55 Å². The molecule has 0 spiro atoms. The van der Waals surface area contributed by atoms with Crippen molar-refractivity contribution < 1.29 is 14.3 Å². The zero-order chi connectivity index (χ0) is 18.4. The maximum Gasteiger partial charge on any atom is 0.308 e.